The van der Waals surface area contributed by atoms with Crippen LogP contribution in [0.3, 0.4) is 0 Å². The van der Waals surface area contributed by atoms with Gasteiger partial charge in [0.25, 0.3) is 5.91 Å². The van der Waals surface area contributed by atoms with Crippen molar-refractivity contribution in [3.05, 3.63) is 23.9 Å². The number of ether oxygens (including phenoxy) is 2. The molecule has 2 aliphatic rings. The number of hydrogen-bond acceptors (Lipinski definition) is 5. The van der Waals surface area contributed by atoms with Crippen molar-refractivity contribution in [3.8, 4) is 5.88 Å². The van der Waals surface area contributed by atoms with Gasteiger partial charge in [0.1, 0.15) is 0 Å². The number of carbonyl (C=O) groups is 1. The van der Waals surface area contributed by atoms with Gasteiger partial charge in [0.15, 0.2) is 0 Å². The Morgan fingerprint density at radius 2 is 2.12 bits per heavy atom. The summed E-state index contributed by atoms with van der Waals surface area (Å²) in [5.41, 5.74) is 0.586. The van der Waals surface area contributed by atoms with E-state index < -0.39 is 0 Å². The molecule has 1 N–H and O–H groups in total. The molecule has 6 nitrogen and oxygen atoms in total. The molecule has 2 saturated heterocycles. The molecule has 1 atom stereocenters. The molecule has 0 bridgehead atoms. The van der Waals surface area contributed by atoms with E-state index in [1.54, 1.807) is 18.3 Å². The lowest BCUT2D eigenvalue weighted by Gasteiger charge is -2.35. The van der Waals surface area contributed by atoms with E-state index in [2.05, 4.69) is 4.98 Å². The first-order valence-electron chi connectivity index (χ1n) is 9.36. The topological polar surface area (TPSA) is 71.9 Å². The van der Waals surface area contributed by atoms with E-state index >= 15 is 0 Å². The fourth-order valence-electron chi connectivity index (χ4n) is 3.59. The molecule has 0 saturated carbocycles. The molecule has 3 heterocycles. The van der Waals surface area contributed by atoms with Crippen LogP contribution in [0.15, 0.2) is 18.3 Å². The number of aliphatic hydroxyl groups excluding tert-OH is 1. The highest BCUT2D eigenvalue weighted by molar-refractivity contribution is 5.94. The first-order chi connectivity index (χ1) is 12.3. The molecule has 25 heavy (non-hydrogen) atoms. The predicted molar refractivity (Wildman–Crippen MR) is 93.7 cm³/mol. The summed E-state index contributed by atoms with van der Waals surface area (Å²) >= 11 is 0. The van der Waals surface area contributed by atoms with Crippen LogP contribution in [0, 0.1) is 5.92 Å². The van der Waals surface area contributed by atoms with Gasteiger partial charge in [-0.15, -0.1) is 0 Å². The Kier molecular flexibility index (Phi) is 6.64. The Bertz CT molecular complexity index is 541. The standard InChI is InChI=1S/C19H28N2O4/c22-10-6-17-3-1-2-9-21(17)19(23)16-4-5-18(20-13-16)25-14-15-7-11-24-12-8-15/h4-5,13,15,17,22H,1-3,6-12,14H2/t17-/m1/s1. The second kappa shape index (κ2) is 9.15. The number of carbonyl (C=O) groups excluding carboxylic acids is 1. The van der Waals surface area contributed by atoms with Gasteiger partial charge < -0.3 is 19.5 Å². The number of amides is 1. The molecule has 2 aliphatic heterocycles. The van der Waals surface area contributed by atoms with Crippen molar-refractivity contribution in [1.82, 2.24) is 9.88 Å². The predicted octanol–water partition coefficient (Wildman–Crippen LogP) is 2.26. The van der Waals surface area contributed by atoms with Crippen molar-refractivity contribution in [2.45, 2.75) is 44.6 Å². The highest BCUT2D eigenvalue weighted by Crippen LogP contribution is 2.22. The fourth-order valence-corrected chi connectivity index (χ4v) is 3.59. The van der Waals surface area contributed by atoms with Gasteiger partial charge in [-0.05, 0) is 50.5 Å². The van der Waals surface area contributed by atoms with Gasteiger partial charge in [-0.2, -0.15) is 0 Å². The minimum absolute atomic E-state index is 0.00151. The van der Waals surface area contributed by atoms with E-state index in [0.717, 1.165) is 51.9 Å². The SMILES string of the molecule is O=C(c1ccc(OCC2CCOCC2)nc1)N1CCCC[C@@H]1CCO. The molecule has 3 rings (SSSR count). The summed E-state index contributed by atoms with van der Waals surface area (Å²) in [6.45, 7) is 3.13. The summed E-state index contributed by atoms with van der Waals surface area (Å²) in [6.07, 6.45) is 7.40. The summed E-state index contributed by atoms with van der Waals surface area (Å²) in [7, 11) is 0. The summed E-state index contributed by atoms with van der Waals surface area (Å²) in [4.78, 5) is 18.9. The Hall–Kier alpha value is -1.66. The molecule has 0 aromatic carbocycles. The molecule has 0 unspecified atom stereocenters. The molecule has 1 amide bonds. The van der Waals surface area contributed by atoms with E-state index in [4.69, 9.17) is 9.47 Å². The molecule has 0 radical (unpaired) electrons. The van der Waals surface area contributed by atoms with Gasteiger partial charge in [0, 0.05) is 44.7 Å². The third-order valence-electron chi connectivity index (χ3n) is 5.14. The molecule has 0 aliphatic carbocycles. The zero-order chi connectivity index (χ0) is 17.5. The second-order valence-electron chi connectivity index (χ2n) is 6.91. The molecular formula is C19H28N2O4. The monoisotopic (exact) mass is 348 g/mol. The molecular weight excluding hydrogens is 320 g/mol. The molecule has 1 aromatic rings. The van der Waals surface area contributed by atoms with E-state index in [1.807, 2.05) is 4.90 Å². The van der Waals surface area contributed by atoms with Crippen LogP contribution in [-0.2, 0) is 4.74 Å². The van der Waals surface area contributed by atoms with Crippen molar-refractivity contribution < 1.29 is 19.4 Å². The van der Waals surface area contributed by atoms with Crippen LogP contribution in [0.25, 0.3) is 0 Å². The van der Waals surface area contributed by atoms with Crippen molar-refractivity contribution in [2.24, 2.45) is 5.92 Å². The van der Waals surface area contributed by atoms with Crippen LogP contribution >= 0.6 is 0 Å². The summed E-state index contributed by atoms with van der Waals surface area (Å²) in [5.74, 6) is 1.08. The first-order valence-corrected chi connectivity index (χ1v) is 9.36. The highest BCUT2D eigenvalue weighted by Gasteiger charge is 2.27. The molecule has 6 heteroatoms. The van der Waals surface area contributed by atoms with Crippen LogP contribution in [0.1, 0.15) is 48.9 Å². The lowest BCUT2D eigenvalue weighted by molar-refractivity contribution is 0.0489. The quantitative estimate of drug-likeness (QED) is 0.854. The summed E-state index contributed by atoms with van der Waals surface area (Å²) in [5, 5.41) is 9.22. The average molecular weight is 348 g/mol. The molecule has 0 spiro atoms. The molecule has 138 valence electrons. The van der Waals surface area contributed by atoms with Crippen LogP contribution in [-0.4, -0.2) is 59.9 Å². The smallest absolute Gasteiger partial charge is 0.255 e. The van der Waals surface area contributed by atoms with Gasteiger partial charge in [0.2, 0.25) is 5.88 Å². The van der Waals surface area contributed by atoms with E-state index in [1.165, 1.54) is 0 Å². The fraction of sp³-hybridized carbons (Fsp3) is 0.684. The number of aliphatic hydroxyl groups is 1. The number of piperidine rings is 1. The van der Waals surface area contributed by atoms with Gasteiger partial charge >= 0.3 is 0 Å². The lowest BCUT2D eigenvalue weighted by atomic mass is 9.98. The largest absolute Gasteiger partial charge is 0.477 e. The van der Waals surface area contributed by atoms with Crippen molar-refractivity contribution in [2.75, 3.05) is 33.0 Å². The van der Waals surface area contributed by atoms with Gasteiger partial charge in [-0.3, -0.25) is 4.79 Å². The normalized spacial score (nSPS) is 22.0. The molecule has 1 aromatic heterocycles. The zero-order valence-corrected chi connectivity index (χ0v) is 14.7. The van der Waals surface area contributed by atoms with E-state index in [9.17, 15) is 9.90 Å². The Morgan fingerprint density at radius 1 is 1.28 bits per heavy atom. The van der Waals surface area contributed by atoms with Gasteiger partial charge in [-0.1, -0.05) is 0 Å². The van der Waals surface area contributed by atoms with Crippen LogP contribution < -0.4 is 4.74 Å². The van der Waals surface area contributed by atoms with Crippen LogP contribution in [0.5, 0.6) is 5.88 Å². The van der Waals surface area contributed by atoms with E-state index in [0.29, 0.717) is 30.4 Å². The maximum absolute atomic E-state index is 12.8. The number of nitrogens with zero attached hydrogens (tertiary/aromatic N) is 2. The maximum Gasteiger partial charge on any atom is 0.255 e. The van der Waals surface area contributed by atoms with Crippen molar-refractivity contribution >= 4 is 5.91 Å². The van der Waals surface area contributed by atoms with Crippen LogP contribution in [0.4, 0.5) is 0 Å². The average Bonchev–Trinajstić information content (AvgIpc) is 2.68. The number of aromatic nitrogens is 1. The summed E-state index contributed by atoms with van der Waals surface area (Å²) < 4.78 is 11.1. The summed E-state index contributed by atoms with van der Waals surface area (Å²) in [6, 6.07) is 3.70. The zero-order valence-electron chi connectivity index (χ0n) is 14.7. The maximum atomic E-state index is 12.8. The van der Waals surface area contributed by atoms with E-state index in [-0.39, 0.29) is 18.6 Å². The Labute approximate surface area is 149 Å². The van der Waals surface area contributed by atoms with Crippen molar-refractivity contribution in [1.29, 1.82) is 0 Å². The number of likely N-dealkylation sites (tertiary alicyclic amines) is 1. The minimum atomic E-state index is 0.00151. The van der Waals surface area contributed by atoms with Gasteiger partial charge in [-0.25, -0.2) is 4.98 Å². The third kappa shape index (κ3) is 4.92. The number of hydrogen-bond donors (Lipinski definition) is 1. The molecule has 2 fully saturated rings. The van der Waals surface area contributed by atoms with Gasteiger partial charge in [0.05, 0.1) is 12.2 Å². The highest BCUT2D eigenvalue weighted by atomic mass is 16.5. The van der Waals surface area contributed by atoms with Crippen molar-refractivity contribution in [3.63, 3.8) is 0 Å². The number of rotatable bonds is 6. The Balaban J connectivity index is 1.56. The Morgan fingerprint density at radius 3 is 2.84 bits per heavy atom. The lowest BCUT2D eigenvalue weighted by Crippen LogP contribution is -2.44. The second-order valence-corrected chi connectivity index (χ2v) is 6.91. The number of pyridine rings is 1. The third-order valence-corrected chi connectivity index (χ3v) is 5.14. The van der Waals surface area contributed by atoms with Crippen LogP contribution in [0.2, 0.25) is 0 Å². The first kappa shape index (κ1) is 18.1. The minimum Gasteiger partial charge on any atom is -0.477 e.